The summed E-state index contributed by atoms with van der Waals surface area (Å²) < 4.78 is 27.2. The molecule has 0 saturated heterocycles. The molecule has 0 aliphatic heterocycles. The molecule has 4 nitrogen and oxygen atoms in total. The largest absolute Gasteiger partial charge is 0.207 e. The third-order valence-corrected chi connectivity index (χ3v) is 8.16. The lowest BCUT2D eigenvalue weighted by molar-refractivity contribution is 0.627. The zero-order valence-corrected chi connectivity index (χ0v) is 22.8. The van der Waals surface area contributed by atoms with Gasteiger partial charge in [-0.3, -0.25) is 0 Å². The number of halogens is 2. The van der Waals surface area contributed by atoms with Gasteiger partial charge in [-0.2, -0.15) is 21.0 Å². The summed E-state index contributed by atoms with van der Waals surface area (Å²) in [4.78, 5) is 0. The Hall–Kier alpha value is -6.60. The molecular weight excluding hydrogens is 550 g/mol. The molecule has 0 bridgehead atoms. The number of nitrogens with zero attached hydrogens (tertiary/aromatic N) is 4. The number of nitriles is 4. The molecule has 0 aromatic heterocycles. The lowest BCUT2D eigenvalue weighted by Crippen LogP contribution is -1.91. The smallest absolute Gasteiger partial charge is 0.138 e. The van der Waals surface area contributed by atoms with E-state index in [9.17, 15) is 29.8 Å². The molecule has 44 heavy (non-hydrogen) atoms. The second-order valence-electron chi connectivity index (χ2n) is 10.4. The summed E-state index contributed by atoms with van der Waals surface area (Å²) in [6, 6.07) is 35.7. The van der Waals surface area contributed by atoms with Crippen LogP contribution >= 0.6 is 0 Å². The maximum Gasteiger partial charge on any atom is 0.138 e. The number of benzene rings is 5. The first-order chi connectivity index (χ1) is 21.4. The van der Waals surface area contributed by atoms with Crippen molar-refractivity contribution < 1.29 is 8.78 Å². The molecule has 0 heterocycles. The highest BCUT2D eigenvalue weighted by molar-refractivity contribution is 6.11. The van der Waals surface area contributed by atoms with E-state index in [1.54, 1.807) is 24.3 Å². The third-order valence-electron chi connectivity index (χ3n) is 8.16. The van der Waals surface area contributed by atoms with Gasteiger partial charge in [0.15, 0.2) is 0 Å². The van der Waals surface area contributed by atoms with Crippen LogP contribution in [0.15, 0.2) is 108 Å². The summed E-state index contributed by atoms with van der Waals surface area (Å²) in [6.07, 6.45) is 0. The van der Waals surface area contributed by atoms with Crippen molar-refractivity contribution in [3.05, 3.63) is 142 Å². The fourth-order valence-corrected chi connectivity index (χ4v) is 6.18. The molecular formula is C38H16F2N4. The number of rotatable bonds is 2. The van der Waals surface area contributed by atoms with E-state index in [2.05, 4.69) is 24.3 Å². The zero-order chi connectivity index (χ0) is 30.5. The highest BCUT2D eigenvalue weighted by Gasteiger charge is 2.34. The topological polar surface area (TPSA) is 95.2 Å². The van der Waals surface area contributed by atoms with Gasteiger partial charge in [0.25, 0.3) is 0 Å². The number of hydrogen-bond acceptors (Lipinski definition) is 4. The van der Waals surface area contributed by atoms with Crippen molar-refractivity contribution in [2.75, 3.05) is 0 Å². The molecule has 0 spiro atoms. The Labute approximate surface area is 251 Å². The summed E-state index contributed by atoms with van der Waals surface area (Å²) in [5.74, 6) is -0.701. The predicted octanol–water partition coefficient (Wildman–Crippen LogP) is 8.96. The van der Waals surface area contributed by atoms with Crippen molar-refractivity contribution in [3.63, 3.8) is 0 Å². The first-order valence-corrected chi connectivity index (χ1v) is 13.5. The lowest BCUT2D eigenvalue weighted by atomic mass is 9.93. The Kier molecular flexibility index (Phi) is 6.00. The minimum atomic E-state index is -0.350. The van der Waals surface area contributed by atoms with E-state index in [0.29, 0.717) is 33.4 Å². The van der Waals surface area contributed by atoms with E-state index in [-0.39, 0.29) is 22.8 Å². The molecule has 202 valence electrons. The van der Waals surface area contributed by atoms with Gasteiger partial charge in [0.2, 0.25) is 0 Å². The van der Waals surface area contributed by atoms with Gasteiger partial charge in [-0.05, 0) is 115 Å². The number of allylic oxidation sites excluding steroid dienone is 2. The van der Waals surface area contributed by atoms with Gasteiger partial charge in [-0.25, -0.2) is 8.78 Å². The van der Waals surface area contributed by atoms with Crippen molar-refractivity contribution in [2.24, 2.45) is 0 Å². The maximum absolute atomic E-state index is 13.6. The summed E-state index contributed by atoms with van der Waals surface area (Å²) in [7, 11) is 0. The van der Waals surface area contributed by atoms with E-state index in [0.717, 1.165) is 44.5 Å². The Morgan fingerprint density at radius 1 is 0.364 bits per heavy atom. The van der Waals surface area contributed by atoms with Crippen molar-refractivity contribution in [3.8, 4) is 68.8 Å². The second kappa shape index (κ2) is 10.0. The fraction of sp³-hybridized carbons (Fsp3) is 0. The van der Waals surface area contributed by atoms with E-state index in [1.165, 1.54) is 24.3 Å². The highest BCUT2D eigenvalue weighted by atomic mass is 19.1. The van der Waals surface area contributed by atoms with E-state index in [1.807, 2.05) is 48.5 Å². The Morgan fingerprint density at radius 3 is 1.02 bits per heavy atom. The summed E-state index contributed by atoms with van der Waals surface area (Å²) in [5, 5.41) is 39.9. The molecule has 0 saturated carbocycles. The van der Waals surface area contributed by atoms with Crippen LogP contribution in [0.3, 0.4) is 0 Å². The number of fused-ring (bicyclic) bond motifs is 6. The monoisotopic (exact) mass is 566 g/mol. The molecule has 0 atom stereocenters. The number of hydrogen-bond donors (Lipinski definition) is 0. The van der Waals surface area contributed by atoms with Gasteiger partial charge >= 0.3 is 0 Å². The maximum atomic E-state index is 13.6. The van der Waals surface area contributed by atoms with Crippen LogP contribution in [-0.2, 0) is 0 Å². The van der Waals surface area contributed by atoms with Gasteiger partial charge in [-0.1, -0.05) is 48.5 Å². The summed E-state index contributed by atoms with van der Waals surface area (Å²) >= 11 is 0. The average molecular weight is 567 g/mol. The SMILES string of the molecule is N#CC(C#N)=C1c2cc(-c3ccc(F)cc3)ccc2-c2cc3c(cc21)-c1ccc(-c2ccc(F)cc2)cc1C3=C(C#N)C#N. The zero-order valence-electron chi connectivity index (χ0n) is 22.8. The standard InChI is InChI=1S/C38H16F2N4/c39-27-7-1-21(2-8-27)23-5-11-29-31-15-36-32(16-35(31)37(33(29)13-23)25(17-41)18-42)30-12-6-24(22-3-9-28(40)10-4-22)14-34(30)38(36)26(19-43)20-44/h1-16H. The van der Waals surface area contributed by atoms with Crippen LogP contribution in [0.4, 0.5) is 8.78 Å². The molecule has 0 fully saturated rings. The van der Waals surface area contributed by atoms with E-state index < -0.39 is 0 Å². The molecule has 0 unspecified atom stereocenters. The minimum absolute atomic E-state index is 0.0448. The third kappa shape index (κ3) is 3.92. The molecule has 0 amide bonds. The van der Waals surface area contributed by atoms with Crippen LogP contribution in [-0.4, -0.2) is 0 Å². The van der Waals surface area contributed by atoms with Gasteiger partial charge in [0, 0.05) is 11.1 Å². The molecule has 0 radical (unpaired) electrons. The molecule has 6 heteroatoms. The first kappa shape index (κ1) is 26.3. The lowest BCUT2D eigenvalue weighted by Gasteiger charge is -2.08. The fourth-order valence-electron chi connectivity index (χ4n) is 6.18. The van der Waals surface area contributed by atoms with Gasteiger partial charge in [0.05, 0.1) is 0 Å². The molecule has 5 aromatic carbocycles. The first-order valence-electron chi connectivity index (χ1n) is 13.5. The van der Waals surface area contributed by atoms with Crippen molar-refractivity contribution in [1.29, 1.82) is 21.0 Å². The van der Waals surface area contributed by atoms with Crippen molar-refractivity contribution in [1.82, 2.24) is 0 Å². The second-order valence-corrected chi connectivity index (χ2v) is 10.4. The van der Waals surface area contributed by atoms with E-state index in [4.69, 9.17) is 0 Å². The van der Waals surface area contributed by atoms with Gasteiger partial charge in [0.1, 0.15) is 47.1 Å². The van der Waals surface area contributed by atoms with Crippen molar-refractivity contribution in [2.45, 2.75) is 0 Å². The van der Waals surface area contributed by atoms with Gasteiger partial charge in [-0.15, -0.1) is 0 Å². The van der Waals surface area contributed by atoms with Crippen LogP contribution in [0.25, 0.3) is 55.7 Å². The van der Waals surface area contributed by atoms with Crippen LogP contribution in [0.2, 0.25) is 0 Å². The Balaban J connectivity index is 1.48. The van der Waals surface area contributed by atoms with Crippen LogP contribution < -0.4 is 0 Å². The molecule has 5 aromatic rings. The predicted molar refractivity (Wildman–Crippen MR) is 163 cm³/mol. The molecule has 0 N–H and O–H groups in total. The van der Waals surface area contributed by atoms with Crippen LogP contribution in [0, 0.1) is 57.0 Å². The quantitative estimate of drug-likeness (QED) is 0.195. The average Bonchev–Trinajstić information content (AvgIpc) is 3.53. The molecule has 7 rings (SSSR count). The van der Waals surface area contributed by atoms with Crippen LogP contribution in [0.5, 0.6) is 0 Å². The molecule has 2 aliphatic rings. The van der Waals surface area contributed by atoms with Crippen molar-refractivity contribution >= 4 is 11.1 Å². The van der Waals surface area contributed by atoms with E-state index >= 15 is 0 Å². The van der Waals surface area contributed by atoms with Crippen LogP contribution in [0.1, 0.15) is 22.3 Å². The minimum Gasteiger partial charge on any atom is -0.207 e. The van der Waals surface area contributed by atoms with Gasteiger partial charge < -0.3 is 0 Å². The normalized spacial score (nSPS) is 11.7. The molecule has 2 aliphatic carbocycles. The Morgan fingerprint density at radius 2 is 0.682 bits per heavy atom. The summed E-state index contributed by atoms with van der Waals surface area (Å²) in [6.45, 7) is 0. The Bertz CT molecular complexity index is 2120. The highest BCUT2D eigenvalue weighted by Crippen LogP contribution is 2.54. The summed E-state index contributed by atoms with van der Waals surface area (Å²) in [5.41, 5.74) is 9.96.